The first-order valence-corrected chi connectivity index (χ1v) is 11.5. The van der Waals surface area contributed by atoms with Crippen molar-refractivity contribution in [2.45, 2.75) is 13.0 Å². The lowest BCUT2D eigenvalue weighted by molar-refractivity contribution is -0.130. The Balaban J connectivity index is 1.55. The van der Waals surface area contributed by atoms with Crippen molar-refractivity contribution in [1.82, 2.24) is 24.4 Å². The van der Waals surface area contributed by atoms with Gasteiger partial charge in [0.15, 0.2) is 5.76 Å². The molecule has 1 amide bonds. The molecule has 1 saturated heterocycles. The Hall–Kier alpha value is -2.69. The molecular weight excluding hydrogens is 482 g/mol. The van der Waals surface area contributed by atoms with Gasteiger partial charge in [0.1, 0.15) is 0 Å². The van der Waals surface area contributed by atoms with Crippen LogP contribution in [0.1, 0.15) is 23.4 Å². The predicted octanol–water partition coefficient (Wildman–Crippen LogP) is 3.77. The lowest BCUT2D eigenvalue weighted by Gasteiger charge is -2.38. The second kappa shape index (κ2) is 8.10. The molecule has 1 unspecified atom stereocenters. The molecule has 4 aromatic rings. The number of fused-ring (bicyclic) bond motifs is 1. The maximum atomic E-state index is 11.8. The van der Waals surface area contributed by atoms with Gasteiger partial charge in [-0.05, 0) is 29.8 Å². The van der Waals surface area contributed by atoms with E-state index in [4.69, 9.17) is 4.42 Å². The van der Waals surface area contributed by atoms with Gasteiger partial charge < -0.3 is 14.4 Å². The summed E-state index contributed by atoms with van der Waals surface area (Å²) >= 11 is 4.97. The van der Waals surface area contributed by atoms with Gasteiger partial charge in [0, 0.05) is 37.6 Å². The second-order valence-electron chi connectivity index (χ2n) is 7.40. The Morgan fingerprint density at radius 2 is 2.03 bits per heavy atom. The first kappa shape index (κ1) is 20.2. The SMILES string of the molecule is CC(=O)N1CCN(C(c2cccc(Br)c2)c2sc3nc(-c4ccco4)nn3c2O)CC1. The molecule has 1 atom stereocenters. The minimum absolute atomic E-state index is 0.0734. The summed E-state index contributed by atoms with van der Waals surface area (Å²) < 4.78 is 7.82. The van der Waals surface area contributed by atoms with E-state index in [0.29, 0.717) is 42.7 Å². The molecule has 5 rings (SSSR count). The van der Waals surface area contributed by atoms with Crippen LogP contribution >= 0.6 is 27.3 Å². The summed E-state index contributed by atoms with van der Waals surface area (Å²) in [6.07, 6.45) is 1.57. The van der Waals surface area contributed by atoms with Crippen LogP contribution in [0.4, 0.5) is 0 Å². The molecule has 1 N–H and O–H groups in total. The average Bonchev–Trinajstić information content (AvgIpc) is 3.48. The van der Waals surface area contributed by atoms with E-state index in [2.05, 4.69) is 43.0 Å². The first-order chi connectivity index (χ1) is 15.0. The van der Waals surface area contributed by atoms with Crippen LogP contribution in [-0.2, 0) is 4.79 Å². The Labute approximate surface area is 190 Å². The monoisotopic (exact) mass is 501 g/mol. The third kappa shape index (κ3) is 3.75. The number of amides is 1. The van der Waals surface area contributed by atoms with E-state index in [1.54, 1.807) is 25.3 Å². The van der Waals surface area contributed by atoms with Crippen LogP contribution in [0.5, 0.6) is 5.88 Å². The highest BCUT2D eigenvalue weighted by molar-refractivity contribution is 9.10. The highest BCUT2D eigenvalue weighted by Gasteiger charge is 2.32. The lowest BCUT2D eigenvalue weighted by atomic mass is 10.0. The number of furan rings is 1. The summed E-state index contributed by atoms with van der Waals surface area (Å²) in [6.45, 7) is 4.33. The lowest BCUT2D eigenvalue weighted by Crippen LogP contribution is -2.49. The fourth-order valence-corrected chi connectivity index (χ4v) is 5.47. The number of carbonyl (C=O) groups is 1. The third-order valence-electron chi connectivity index (χ3n) is 5.48. The van der Waals surface area contributed by atoms with Crippen molar-refractivity contribution < 1.29 is 14.3 Å². The summed E-state index contributed by atoms with van der Waals surface area (Å²) in [4.78, 5) is 21.8. The topological polar surface area (TPSA) is 87.1 Å². The van der Waals surface area contributed by atoms with Crippen LogP contribution in [0.2, 0.25) is 0 Å². The second-order valence-corrected chi connectivity index (χ2v) is 9.32. The van der Waals surface area contributed by atoms with E-state index < -0.39 is 0 Å². The van der Waals surface area contributed by atoms with Crippen molar-refractivity contribution >= 4 is 38.1 Å². The summed E-state index contributed by atoms with van der Waals surface area (Å²) in [5.74, 6) is 1.16. The van der Waals surface area contributed by atoms with Crippen LogP contribution in [0.15, 0.2) is 51.6 Å². The number of aromatic nitrogens is 3. The summed E-state index contributed by atoms with van der Waals surface area (Å²) in [6, 6.07) is 11.5. The van der Waals surface area contributed by atoms with E-state index in [1.165, 1.54) is 15.9 Å². The highest BCUT2D eigenvalue weighted by atomic mass is 79.9. The molecule has 0 saturated carbocycles. The van der Waals surface area contributed by atoms with E-state index >= 15 is 0 Å². The standard InChI is InChI=1S/C21H20BrN5O3S/c1-13(28)25-7-9-26(10-8-25)17(14-4-2-5-15(22)12-14)18-20(29)27-21(31-18)23-19(24-27)16-6-3-11-30-16/h2-6,11-12,17,29H,7-10H2,1H3. The smallest absolute Gasteiger partial charge is 0.230 e. The van der Waals surface area contributed by atoms with Gasteiger partial charge in [-0.1, -0.05) is 39.4 Å². The number of nitrogens with zero attached hydrogens (tertiary/aromatic N) is 5. The Morgan fingerprint density at radius 3 is 2.68 bits per heavy atom. The fourth-order valence-electron chi connectivity index (χ4n) is 3.94. The predicted molar refractivity (Wildman–Crippen MR) is 120 cm³/mol. The van der Waals surface area contributed by atoms with Crippen LogP contribution in [0, 0.1) is 0 Å². The molecule has 3 aromatic heterocycles. The van der Waals surface area contributed by atoms with Gasteiger partial charge in [-0.25, -0.2) is 0 Å². The zero-order valence-corrected chi connectivity index (χ0v) is 19.1. The number of carbonyl (C=O) groups excluding carboxylic acids is 1. The zero-order valence-electron chi connectivity index (χ0n) is 16.7. The molecular formula is C21H20BrN5O3S. The van der Waals surface area contributed by atoms with Crippen molar-refractivity contribution in [2.24, 2.45) is 0 Å². The molecule has 0 spiro atoms. The molecule has 1 aromatic carbocycles. The number of thiazole rings is 1. The molecule has 0 bridgehead atoms. The number of aromatic hydroxyl groups is 1. The quantitative estimate of drug-likeness (QED) is 0.457. The van der Waals surface area contributed by atoms with Crippen molar-refractivity contribution in [1.29, 1.82) is 0 Å². The van der Waals surface area contributed by atoms with Crippen molar-refractivity contribution in [3.63, 3.8) is 0 Å². The zero-order chi connectivity index (χ0) is 21.5. The summed E-state index contributed by atoms with van der Waals surface area (Å²) in [5, 5.41) is 15.6. The van der Waals surface area contributed by atoms with Crippen molar-refractivity contribution in [3.8, 4) is 17.5 Å². The van der Waals surface area contributed by atoms with Crippen LogP contribution in [0.3, 0.4) is 0 Å². The van der Waals surface area contributed by atoms with Gasteiger partial charge in [-0.3, -0.25) is 9.69 Å². The molecule has 0 radical (unpaired) electrons. The summed E-state index contributed by atoms with van der Waals surface area (Å²) in [7, 11) is 0. The molecule has 1 fully saturated rings. The molecule has 1 aliphatic heterocycles. The Kier molecular flexibility index (Phi) is 5.28. The van der Waals surface area contributed by atoms with Gasteiger partial charge in [-0.15, -0.1) is 5.10 Å². The third-order valence-corrected chi connectivity index (χ3v) is 7.04. The maximum absolute atomic E-state index is 11.8. The number of hydrogen-bond donors (Lipinski definition) is 1. The minimum Gasteiger partial charge on any atom is -0.492 e. The molecule has 10 heteroatoms. The Morgan fingerprint density at radius 1 is 1.23 bits per heavy atom. The molecule has 0 aliphatic carbocycles. The van der Waals surface area contributed by atoms with Gasteiger partial charge in [0.2, 0.25) is 22.6 Å². The van der Waals surface area contributed by atoms with Crippen LogP contribution in [0.25, 0.3) is 16.5 Å². The van der Waals surface area contributed by atoms with E-state index in [9.17, 15) is 9.90 Å². The number of halogens is 1. The maximum Gasteiger partial charge on any atom is 0.230 e. The normalized spacial score (nSPS) is 16.1. The number of benzene rings is 1. The highest BCUT2D eigenvalue weighted by Crippen LogP contribution is 2.41. The van der Waals surface area contributed by atoms with E-state index in [-0.39, 0.29) is 17.8 Å². The van der Waals surface area contributed by atoms with Crippen LogP contribution in [-0.4, -0.2) is 61.6 Å². The Bertz CT molecular complexity index is 1230. The average molecular weight is 502 g/mol. The molecule has 31 heavy (non-hydrogen) atoms. The fraction of sp³-hybridized carbons (Fsp3) is 0.286. The number of piperazine rings is 1. The molecule has 1 aliphatic rings. The number of rotatable bonds is 4. The molecule has 160 valence electrons. The van der Waals surface area contributed by atoms with E-state index in [0.717, 1.165) is 14.9 Å². The largest absolute Gasteiger partial charge is 0.492 e. The van der Waals surface area contributed by atoms with Crippen molar-refractivity contribution in [2.75, 3.05) is 26.2 Å². The van der Waals surface area contributed by atoms with Gasteiger partial charge in [-0.2, -0.15) is 9.50 Å². The van der Waals surface area contributed by atoms with Gasteiger partial charge in [0.25, 0.3) is 0 Å². The molecule has 8 nitrogen and oxygen atoms in total. The van der Waals surface area contributed by atoms with Gasteiger partial charge in [0.05, 0.1) is 17.2 Å². The van der Waals surface area contributed by atoms with E-state index in [1.807, 2.05) is 17.0 Å². The minimum atomic E-state index is -0.174. The summed E-state index contributed by atoms with van der Waals surface area (Å²) in [5.41, 5.74) is 1.05. The number of hydrogen-bond acceptors (Lipinski definition) is 7. The molecule has 4 heterocycles. The first-order valence-electron chi connectivity index (χ1n) is 9.88. The van der Waals surface area contributed by atoms with Gasteiger partial charge >= 0.3 is 0 Å². The van der Waals surface area contributed by atoms with Crippen LogP contribution < -0.4 is 0 Å². The van der Waals surface area contributed by atoms with Crippen molar-refractivity contribution in [3.05, 3.63) is 57.6 Å².